The Hall–Kier alpha value is -0.845. The monoisotopic (exact) mass is 336 g/mol. The van der Waals surface area contributed by atoms with Gasteiger partial charge in [-0.3, -0.25) is 0 Å². The van der Waals surface area contributed by atoms with Crippen LogP contribution in [0.4, 0.5) is 0 Å². The van der Waals surface area contributed by atoms with Crippen molar-refractivity contribution in [2.24, 2.45) is 0 Å². The third-order valence-electron chi connectivity index (χ3n) is 8.31. The van der Waals surface area contributed by atoms with Crippen molar-refractivity contribution in [1.29, 1.82) is 0 Å². The Morgan fingerprint density at radius 2 is 1.08 bits per heavy atom. The molecular formula is C24H37B. The standard InChI is InChI=1S/C24H37B/c1-5-13-21(14-6-1)25(22-15-7-2-8-16-22,23-17-9-3-10-18-23)24-19-11-4-12-20-24/h1,5-6,13-14,22-23H,2-4,7-12,15-20H2. The van der Waals surface area contributed by atoms with Gasteiger partial charge in [-0.15, -0.1) is 17.5 Å². The van der Waals surface area contributed by atoms with Crippen LogP contribution in [0, 0.1) is 5.82 Å². The molecule has 3 aliphatic carbocycles. The highest BCUT2D eigenvalue weighted by molar-refractivity contribution is 6.98. The first-order valence-corrected chi connectivity index (χ1v) is 11.5. The second kappa shape index (κ2) is 8.23. The van der Waals surface area contributed by atoms with Gasteiger partial charge in [-0.25, -0.2) is 0 Å². The van der Waals surface area contributed by atoms with Crippen molar-refractivity contribution in [2.75, 3.05) is 0 Å². The van der Waals surface area contributed by atoms with Gasteiger partial charge >= 0.3 is 0 Å². The van der Waals surface area contributed by atoms with Crippen molar-refractivity contribution in [3.63, 3.8) is 0 Å². The number of hydrogen-bond donors (Lipinski definition) is 0. The molecule has 0 atom stereocenters. The Kier molecular flexibility index (Phi) is 5.78. The van der Waals surface area contributed by atoms with Crippen LogP contribution in [0.3, 0.4) is 0 Å². The zero-order chi connectivity index (χ0) is 17.0. The molecule has 3 fully saturated rings. The zero-order valence-corrected chi connectivity index (χ0v) is 16.2. The molecule has 0 bridgehead atoms. The lowest BCUT2D eigenvalue weighted by molar-refractivity contribution is 0.445. The van der Waals surface area contributed by atoms with Gasteiger partial charge in [0, 0.05) is 12.8 Å². The molecule has 0 spiro atoms. The minimum atomic E-state index is -0.468. The van der Waals surface area contributed by atoms with E-state index in [2.05, 4.69) is 30.3 Å². The fourth-order valence-corrected chi connectivity index (χ4v) is 7.41. The van der Waals surface area contributed by atoms with E-state index < -0.39 is 6.15 Å². The van der Waals surface area contributed by atoms with Crippen molar-refractivity contribution >= 4 is 11.6 Å². The molecule has 0 saturated heterocycles. The lowest BCUT2D eigenvalue weighted by Gasteiger charge is -2.53. The predicted molar refractivity (Wildman–Crippen MR) is 112 cm³/mol. The Labute approximate surface area is 156 Å². The number of hydrogen-bond acceptors (Lipinski definition) is 0. The largest absolute Gasteiger partial charge is 0.230 e. The SMILES string of the molecule is c1ccc([B-]([C+]2CCCCC2)(C2CCCCC2)C2CCCCC2)cc1. The maximum atomic E-state index is 2.53. The molecule has 0 amide bonds. The van der Waals surface area contributed by atoms with E-state index in [0.717, 1.165) is 11.6 Å². The van der Waals surface area contributed by atoms with Crippen LogP contribution in [0.25, 0.3) is 0 Å². The van der Waals surface area contributed by atoms with Crippen LogP contribution in [-0.2, 0) is 0 Å². The molecule has 3 saturated carbocycles. The molecule has 0 radical (unpaired) electrons. The fraction of sp³-hybridized carbons (Fsp3) is 0.708. The first-order valence-electron chi connectivity index (χ1n) is 11.5. The summed E-state index contributed by atoms with van der Waals surface area (Å²) >= 11 is 0. The van der Waals surface area contributed by atoms with E-state index in [-0.39, 0.29) is 0 Å². The number of benzene rings is 1. The minimum Gasteiger partial charge on any atom is -0.159 e. The van der Waals surface area contributed by atoms with Crippen LogP contribution in [0.2, 0.25) is 11.6 Å². The molecule has 25 heavy (non-hydrogen) atoms. The highest BCUT2D eigenvalue weighted by Crippen LogP contribution is 2.54. The third kappa shape index (κ3) is 3.41. The van der Waals surface area contributed by atoms with Crippen LogP contribution < -0.4 is 5.46 Å². The molecule has 136 valence electrons. The Balaban J connectivity index is 1.79. The fourth-order valence-electron chi connectivity index (χ4n) is 7.41. The van der Waals surface area contributed by atoms with Gasteiger partial charge in [0.25, 0.3) is 0 Å². The summed E-state index contributed by atoms with van der Waals surface area (Å²) < 4.78 is 0. The summed E-state index contributed by atoms with van der Waals surface area (Å²) in [6, 6.07) is 12.0. The van der Waals surface area contributed by atoms with Crippen LogP contribution in [0.5, 0.6) is 0 Å². The van der Waals surface area contributed by atoms with E-state index in [0.29, 0.717) is 0 Å². The van der Waals surface area contributed by atoms with Gasteiger partial charge in [0.15, 0.2) is 0 Å². The van der Waals surface area contributed by atoms with Crippen LogP contribution in [0.1, 0.15) is 96.3 Å². The first-order chi connectivity index (χ1) is 12.4. The van der Waals surface area contributed by atoms with Crippen molar-refractivity contribution in [2.45, 2.75) is 108 Å². The average molecular weight is 336 g/mol. The maximum absolute atomic E-state index is 2.53. The summed E-state index contributed by atoms with van der Waals surface area (Å²) in [4.78, 5) is 0. The van der Waals surface area contributed by atoms with E-state index in [1.165, 1.54) is 96.3 Å². The second-order valence-electron chi connectivity index (χ2n) is 9.43. The van der Waals surface area contributed by atoms with E-state index >= 15 is 0 Å². The molecule has 0 aromatic heterocycles. The smallest absolute Gasteiger partial charge is 0.159 e. The molecule has 1 aromatic carbocycles. The molecule has 0 heterocycles. The molecule has 1 heteroatoms. The van der Waals surface area contributed by atoms with Gasteiger partial charge in [0.1, 0.15) is 0 Å². The normalized spacial score (nSPS) is 24.4. The average Bonchev–Trinajstić information content (AvgIpc) is 2.72. The van der Waals surface area contributed by atoms with E-state index in [4.69, 9.17) is 0 Å². The van der Waals surface area contributed by atoms with Gasteiger partial charge < -0.3 is 0 Å². The second-order valence-corrected chi connectivity index (χ2v) is 9.43. The Morgan fingerprint density at radius 3 is 1.60 bits per heavy atom. The Bertz CT molecular complexity index is 459. The van der Waals surface area contributed by atoms with Gasteiger partial charge in [-0.2, -0.15) is 5.46 Å². The van der Waals surface area contributed by atoms with Gasteiger partial charge in [-0.1, -0.05) is 94.5 Å². The molecular weight excluding hydrogens is 299 g/mol. The van der Waals surface area contributed by atoms with Crippen LogP contribution in [0.15, 0.2) is 30.3 Å². The molecule has 1 aromatic rings. The van der Waals surface area contributed by atoms with E-state index in [1.807, 2.05) is 5.82 Å². The lowest BCUT2D eigenvalue weighted by Crippen LogP contribution is -2.61. The van der Waals surface area contributed by atoms with E-state index in [9.17, 15) is 0 Å². The summed E-state index contributed by atoms with van der Waals surface area (Å²) in [7, 11) is 0. The first kappa shape index (κ1) is 17.6. The van der Waals surface area contributed by atoms with Crippen molar-refractivity contribution in [1.82, 2.24) is 0 Å². The molecule has 3 aliphatic rings. The van der Waals surface area contributed by atoms with Crippen molar-refractivity contribution in [3.8, 4) is 0 Å². The third-order valence-corrected chi connectivity index (χ3v) is 8.31. The van der Waals surface area contributed by atoms with Gasteiger partial charge in [-0.05, 0) is 19.3 Å². The summed E-state index contributed by atoms with van der Waals surface area (Å²) in [5.74, 6) is 4.00. The van der Waals surface area contributed by atoms with Gasteiger partial charge in [0.2, 0.25) is 6.15 Å². The van der Waals surface area contributed by atoms with Crippen LogP contribution in [-0.4, -0.2) is 6.15 Å². The highest BCUT2D eigenvalue weighted by Gasteiger charge is 2.54. The molecule has 0 aliphatic heterocycles. The summed E-state index contributed by atoms with van der Waals surface area (Å²) in [6.07, 6.45) is 21.8. The van der Waals surface area contributed by atoms with Gasteiger partial charge in [0.05, 0.1) is 0 Å². The quantitative estimate of drug-likeness (QED) is 0.407. The van der Waals surface area contributed by atoms with Crippen LogP contribution >= 0.6 is 0 Å². The van der Waals surface area contributed by atoms with E-state index in [1.54, 1.807) is 5.46 Å². The highest BCUT2D eigenvalue weighted by atomic mass is 14.3. The maximum Gasteiger partial charge on any atom is 0.230 e. The molecule has 0 N–H and O–H groups in total. The van der Waals surface area contributed by atoms with Crippen molar-refractivity contribution in [3.05, 3.63) is 36.1 Å². The molecule has 0 nitrogen and oxygen atoms in total. The minimum absolute atomic E-state index is 0.468. The summed E-state index contributed by atoms with van der Waals surface area (Å²) in [5.41, 5.74) is 1.76. The Morgan fingerprint density at radius 1 is 0.600 bits per heavy atom. The molecule has 0 unspecified atom stereocenters. The topological polar surface area (TPSA) is 0 Å². The van der Waals surface area contributed by atoms with Crippen molar-refractivity contribution < 1.29 is 0 Å². The predicted octanol–water partition coefficient (Wildman–Crippen LogP) is 7.09. The summed E-state index contributed by atoms with van der Waals surface area (Å²) in [5, 5.41) is 0. The lowest BCUT2D eigenvalue weighted by atomic mass is 9.04. The number of rotatable bonds is 4. The molecule has 4 rings (SSSR count). The summed E-state index contributed by atoms with van der Waals surface area (Å²) in [6.45, 7) is 0. The zero-order valence-electron chi connectivity index (χ0n) is 16.2.